The molecule has 0 spiro atoms. The number of aromatic amines is 1. The number of carbonyl (C=O) groups excluding carboxylic acids is 2. The van der Waals surface area contributed by atoms with Crippen LogP contribution in [0.15, 0.2) is 79.0 Å². The van der Waals surface area contributed by atoms with Gasteiger partial charge in [0.1, 0.15) is 18.1 Å². The van der Waals surface area contributed by atoms with Crippen LogP contribution in [0, 0.1) is 11.7 Å². The molecule has 0 atom stereocenters. The molecule has 0 bridgehead atoms. The summed E-state index contributed by atoms with van der Waals surface area (Å²) < 4.78 is 19.0. The van der Waals surface area contributed by atoms with E-state index in [1.54, 1.807) is 17.0 Å². The third-order valence-electron chi connectivity index (χ3n) is 7.14. The summed E-state index contributed by atoms with van der Waals surface area (Å²) in [4.78, 5) is 33.7. The average Bonchev–Trinajstić information content (AvgIpc) is 3.72. The Morgan fingerprint density at radius 2 is 1.59 bits per heavy atom. The van der Waals surface area contributed by atoms with Gasteiger partial charge in [0, 0.05) is 42.7 Å². The Hall–Kier alpha value is -4.13. The number of hydrogen-bond donors (Lipinski definition) is 1. The summed E-state index contributed by atoms with van der Waals surface area (Å²) in [6.07, 6.45) is 4.38. The number of hydrogen-bond acceptors (Lipinski definition) is 3. The lowest BCUT2D eigenvalue weighted by atomic mass is 10.1. The number of para-hydroxylation sites is 1. The fraction of sp³-hybridized carbons (Fsp3) is 0.312. The molecule has 4 aromatic rings. The van der Waals surface area contributed by atoms with E-state index in [4.69, 9.17) is 4.74 Å². The van der Waals surface area contributed by atoms with Gasteiger partial charge in [0.25, 0.3) is 0 Å². The summed E-state index contributed by atoms with van der Waals surface area (Å²) >= 11 is 0. The van der Waals surface area contributed by atoms with Gasteiger partial charge >= 0.3 is 0 Å². The number of carbonyl (C=O) groups is 2. The van der Waals surface area contributed by atoms with E-state index in [9.17, 15) is 14.0 Å². The van der Waals surface area contributed by atoms with Crippen LogP contribution in [-0.4, -0.2) is 46.3 Å². The van der Waals surface area contributed by atoms with Gasteiger partial charge in [-0.25, -0.2) is 4.39 Å². The van der Waals surface area contributed by atoms with Gasteiger partial charge in [-0.1, -0.05) is 42.5 Å². The van der Waals surface area contributed by atoms with Crippen molar-refractivity contribution in [1.82, 2.24) is 14.8 Å². The highest BCUT2D eigenvalue weighted by molar-refractivity contribution is 5.87. The van der Waals surface area contributed by atoms with Crippen molar-refractivity contribution in [3.8, 4) is 5.75 Å². The summed E-state index contributed by atoms with van der Waals surface area (Å²) in [6, 6.07) is 22.0. The SMILES string of the molecule is CCOc1ccc(CN(CCc2c[nH]c3ccccc23)C(=O)CN(Cc2ccc(F)cc2)C(=O)C2CC2)cc1. The summed E-state index contributed by atoms with van der Waals surface area (Å²) in [7, 11) is 0. The second-order valence-corrected chi connectivity index (χ2v) is 10.1. The molecule has 0 aliphatic heterocycles. The largest absolute Gasteiger partial charge is 0.494 e. The first-order valence-electron chi connectivity index (χ1n) is 13.6. The molecular formula is C32H34FN3O3. The van der Waals surface area contributed by atoms with Crippen LogP contribution in [0.3, 0.4) is 0 Å². The van der Waals surface area contributed by atoms with Crippen LogP contribution < -0.4 is 4.74 Å². The molecule has 7 heteroatoms. The van der Waals surface area contributed by atoms with E-state index >= 15 is 0 Å². The Bertz CT molecular complexity index is 1410. The van der Waals surface area contributed by atoms with Crippen molar-refractivity contribution in [3.63, 3.8) is 0 Å². The number of rotatable bonds is 12. The second-order valence-electron chi connectivity index (χ2n) is 10.1. The molecule has 2 amide bonds. The monoisotopic (exact) mass is 527 g/mol. The minimum Gasteiger partial charge on any atom is -0.494 e. The second kappa shape index (κ2) is 12.2. The van der Waals surface area contributed by atoms with Crippen molar-refractivity contribution < 1.29 is 18.7 Å². The average molecular weight is 528 g/mol. The predicted molar refractivity (Wildman–Crippen MR) is 150 cm³/mol. The molecule has 5 rings (SSSR count). The summed E-state index contributed by atoms with van der Waals surface area (Å²) in [5.41, 5.74) is 4.00. The van der Waals surface area contributed by atoms with Crippen LogP contribution >= 0.6 is 0 Å². The topological polar surface area (TPSA) is 65.6 Å². The van der Waals surface area contributed by atoms with Gasteiger partial charge in [0.15, 0.2) is 0 Å². The van der Waals surface area contributed by atoms with Gasteiger partial charge < -0.3 is 19.5 Å². The summed E-state index contributed by atoms with van der Waals surface area (Å²) in [6.45, 7) is 3.73. The standard InChI is InChI=1S/C32H34FN3O3/c1-2-39-28-15-9-24(10-16-28)20-35(18-17-26-19-34-30-6-4-3-5-29(26)30)31(37)22-36(32(38)25-11-12-25)21-23-7-13-27(33)14-8-23/h3-10,13-16,19,25,34H,2,11-12,17-18,20-22H2,1H3. The van der Waals surface area contributed by atoms with Crippen LogP contribution in [0.1, 0.15) is 36.5 Å². The van der Waals surface area contributed by atoms with Crippen molar-refractivity contribution in [2.24, 2.45) is 5.92 Å². The Kier molecular flexibility index (Phi) is 8.25. The lowest BCUT2D eigenvalue weighted by molar-refractivity contribution is -0.142. The van der Waals surface area contributed by atoms with Crippen molar-refractivity contribution in [1.29, 1.82) is 0 Å². The number of aromatic nitrogens is 1. The molecule has 1 heterocycles. The van der Waals surface area contributed by atoms with Gasteiger partial charge in [0.2, 0.25) is 11.8 Å². The zero-order valence-electron chi connectivity index (χ0n) is 22.2. The highest BCUT2D eigenvalue weighted by Gasteiger charge is 2.34. The van der Waals surface area contributed by atoms with Gasteiger partial charge in [-0.05, 0) is 73.2 Å². The van der Waals surface area contributed by atoms with E-state index in [0.29, 0.717) is 26.1 Å². The van der Waals surface area contributed by atoms with Crippen LogP contribution in [-0.2, 0) is 29.1 Å². The fourth-order valence-electron chi connectivity index (χ4n) is 4.84. The number of amides is 2. The minimum absolute atomic E-state index is 0.00896. The molecule has 0 radical (unpaired) electrons. The van der Waals surface area contributed by atoms with E-state index < -0.39 is 0 Å². The first-order valence-corrected chi connectivity index (χ1v) is 13.6. The highest BCUT2D eigenvalue weighted by atomic mass is 19.1. The Balaban J connectivity index is 1.34. The molecular weight excluding hydrogens is 493 g/mol. The highest BCUT2D eigenvalue weighted by Crippen LogP contribution is 2.31. The maximum Gasteiger partial charge on any atom is 0.242 e. The van der Waals surface area contributed by atoms with Gasteiger partial charge in [-0.2, -0.15) is 0 Å². The first-order chi connectivity index (χ1) is 19.0. The molecule has 6 nitrogen and oxygen atoms in total. The van der Waals surface area contributed by atoms with E-state index in [1.165, 1.54) is 12.1 Å². The zero-order chi connectivity index (χ0) is 27.2. The van der Waals surface area contributed by atoms with Crippen LogP contribution in [0.5, 0.6) is 5.75 Å². The smallest absolute Gasteiger partial charge is 0.242 e. The molecule has 1 N–H and O–H groups in total. The fourth-order valence-corrected chi connectivity index (χ4v) is 4.84. The number of H-pyrrole nitrogens is 1. The molecule has 0 saturated heterocycles. The van der Waals surface area contributed by atoms with Crippen LogP contribution in [0.25, 0.3) is 10.9 Å². The number of nitrogens with one attached hydrogen (secondary N) is 1. The normalized spacial score (nSPS) is 12.9. The number of benzene rings is 3. The Morgan fingerprint density at radius 3 is 2.28 bits per heavy atom. The third kappa shape index (κ3) is 6.85. The maximum atomic E-state index is 13.8. The zero-order valence-corrected chi connectivity index (χ0v) is 22.2. The Labute approximate surface area is 228 Å². The lowest BCUT2D eigenvalue weighted by Crippen LogP contribution is -2.43. The minimum atomic E-state index is -0.325. The van der Waals surface area contributed by atoms with Crippen molar-refractivity contribution in [2.45, 2.75) is 39.3 Å². The molecule has 1 aliphatic carbocycles. The molecule has 0 unspecified atom stereocenters. The molecule has 39 heavy (non-hydrogen) atoms. The number of nitrogens with zero attached hydrogens (tertiary/aromatic N) is 2. The lowest BCUT2D eigenvalue weighted by Gasteiger charge is -2.28. The van der Waals surface area contributed by atoms with E-state index in [-0.39, 0.29) is 36.6 Å². The first kappa shape index (κ1) is 26.5. The van der Waals surface area contributed by atoms with Gasteiger partial charge in [-0.15, -0.1) is 0 Å². The Morgan fingerprint density at radius 1 is 0.923 bits per heavy atom. The van der Waals surface area contributed by atoms with Crippen molar-refractivity contribution >= 4 is 22.7 Å². The summed E-state index contributed by atoms with van der Waals surface area (Å²) in [5.74, 6) is 0.321. The number of ether oxygens (including phenoxy) is 1. The number of fused-ring (bicyclic) bond motifs is 1. The molecule has 202 valence electrons. The molecule has 3 aromatic carbocycles. The third-order valence-corrected chi connectivity index (χ3v) is 7.14. The van der Waals surface area contributed by atoms with E-state index in [1.807, 2.05) is 60.5 Å². The van der Waals surface area contributed by atoms with Crippen LogP contribution in [0.4, 0.5) is 4.39 Å². The summed E-state index contributed by atoms with van der Waals surface area (Å²) in [5, 5.41) is 1.15. The quantitative estimate of drug-likeness (QED) is 0.256. The van der Waals surface area contributed by atoms with E-state index in [2.05, 4.69) is 11.1 Å². The van der Waals surface area contributed by atoms with Gasteiger partial charge in [-0.3, -0.25) is 9.59 Å². The predicted octanol–water partition coefficient (Wildman–Crippen LogP) is 5.72. The molecule has 1 aliphatic rings. The molecule has 1 saturated carbocycles. The van der Waals surface area contributed by atoms with Crippen LogP contribution in [0.2, 0.25) is 0 Å². The molecule has 1 fully saturated rings. The van der Waals surface area contributed by atoms with Crippen molar-refractivity contribution in [2.75, 3.05) is 19.7 Å². The number of halogens is 1. The molecule has 1 aromatic heterocycles. The van der Waals surface area contributed by atoms with E-state index in [0.717, 1.165) is 46.2 Å². The van der Waals surface area contributed by atoms with Crippen molar-refractivity contribution in [3.05, 3.63) is 102 Å². The maximum absolute atomic E-state index is 13.8. The van der Waals surface area contributed by atoms with Gasteiger partial charge in [0.05, 0.1) is 6.61 Å².